The van der Waals surface area contributed by atoms with Crippen LogP contribution >= 0.6 is 15.9 Å². The number of ether oxygens (including phenoxy) is 2. The summed E-state index contributed by atoms with van der Waals surface area (Å²) in [4.78, 5) is 12.1. The molecule has 0 aromatic heterocycles. The summed E-state index contributed by atoms with van der Waals surface area (Å²) in [7, 11) is 3.10. The molecular formula is C14H21BrN2O3. The van der Waals surface area contributed by atoms with Crippen LogP contribution < -0.4 is 20.5 Å². The average molecular weight is 345 g/mol. The molecule has 0 aliphatic heterocycles. The second kappa shape index (κ2) is 7.50. The van der Waals surface area contributed by atoms with Gasteiger partial charge in [-0.1, -0.05) is 20.3 Å². The molecule has 0 bridgehead atoms. The van der Waals surface area contributed by atoms with Gasteiger partial charge in [0.25, 0.3) is 0 Å². The molecule has 0 fully saturated rings. The highest BCUT2D eigenvalue weighted by Crippen LogP contribution is 2.37. The van der Waals surface area contributed by atoms with Crippen LogP contribution in [0.4, 0.5) is 5.69 Å². The van der Waals surface area contributed by atoms with Gasteiger partial charge in [0.2, 0.25) is 5.91 Å². The molecule has 5 nitrogen and oxygen atoms in total. The van der Waals surface area contributed by atoms with Crippen molar-refractivity contribution in [3.05, 3.63) is 16.6 Å². The maximum absolute atomic E-state index is 12.1. The van der Waals surface area contributed by atoms with E-state index in [2.05, 4.69) is 21.2 Å². The predicted octanol–water partition coefficient (Wildman–Crippen LogP) is 2.78. The van der Waals surface area contributed by atoms with Crippen LogP contribution in [0.5, 0.6) is 11.5 Å². The molecule has 2 atom stereocenters. The molecule has 0 saturated carbocycles. The van der Waals surface area contributed by atoms with Crippen molar-refractivity contribution in [2.45, 2.75) is 26.3 Å². The number of hydrogen-bond acceptors (Lipinski definition) is 4. The predicted molar refractivity (Wildman–Crippen MR) is 83.3 cm³/mol. The summed E-state index contributed by atoms with van der Waals surface area (Å²) in [6.07, 6.45) is 0.849. The molecule has 0 aliphatic carbocycles. The van der Waals surface area contributed by atoms with E-state index in [4.69, 9.17) is 15.2 Å². The fraction of sp³-hybridized carbons (Fsp3) is 0.500. The number of rotatable bonds is 6. The minimum atomic E-state index is -0.541. The van der Waals surface area contributed by atoms with Crippen LogP contribution in [0.15, 0.2) is 16.6 Å². The first kappa shape index (κ1) is 16.8. The largest absolute Gasteiger partial charge is 0.495 e. The number of halogens is 1. The van der Waals surface area contributed by atoms with Crippen molar-refractivity contribution in [2.24, 2.45) is 11.7 Å². The molecule has 1 aromatic carbocycles. The SMILES string of the molecule is CCC(C)C(N)C(=O)Nc1cc(OC)c(Br)c(OC)c1. The van der Waals surface area contributed by atoms with Crippen LogP contribution in [0, 0.1) is 5.92 Å². The third-order valence-corrected chi connectivity index (χ3v) is 4.05. The molecule has 2 unspecified atom stereocenters. The van der Waals surface area contributed by atoms with Gasteiger partial charge in [-0.2, -0.15) is 0 Å². The smallest absolute Gasteiger partial charge is 0.241 e. The number of carbonyl (C=O) groups is 1. The number of amides is 1. The van der Waals surface area contributed by atoms with Crippen molar-refractivity contribution in [1.82, 2.24) is 0 Å². The average Bonchev–Trinajstić information content (AvgIpc) is 2.46. The van der Waals surface area contributed by atoms with Gasteiger partial charge >= 0.3 is 0 Å². The van der Waals surface area contributed by atoms with E-state index in [1.807, 2.05) is 13.8 Å². The number of nitrogens with one attached hydrogen (secondary N) is 1. The molecule has 112 valence electrons. The highest BCUT2D eigenvalue weighted by molar-refractivity contribution is 9.10. The van der Waals surface area contributed by atoms with E-state index < -0.39 is 6.04 Å². The number of hydrogen-bond donors (Lipinski definition) is 2. The number of methoxy groups -OCH3 is 2. The lowest BCUT2D eigenvalue weighted by molar-refractivity contribution is -0.118. The minimum absolute atomic E-state index is 0.120. The Morgan fingerprint density at radius 2 is 1.85 bits per heavy atom. The lowest BCUT2D eigenvalue weighted by atomic mass is 9.99. The number of nitrogens with two attached hydrogens (primary N) is 1. The maximum Gasteiger partial charge on any atom is 0.241 e. The van der Waals surface area contributed by atoms with Crippen molar-refractivity contribution in [1.29, 1.82) is 0 Å². The van der Waals surface area contributed by atoms with Crippen molar-refractivity contribution < 1.29 is 14.3 Å². The van der Waals surface area contributed by atoms with Crippen molar-refractivity contribution >= 4 is 27.5 Å². The molecule has 0 aliphatic rings. The van der Waals surface area contributed by atoms with Gasteiger partial charge in [-0.15, -0.1) is 0 Å². The Kier molecular flexibility index (Phi) is 6.29. The van der Waals surface area contributed by atoms with Gasteiger partial charge in [-0.25, -0.2) is 0 Å². The summed E-state index contributed by atoms with van der Waals surface area (Å²) in [5.41, 5.74) is 6.49. The van der Waals surface area contributed by atoms with Gasteiger partial charge in [0, 0.05) is 17.8 Å². The van der Waals surface area contributed by atoms with Gasteiger partial charge in [-0.3, -0.25) is 4.79 Å². The van der Waals surface area contributed by atoms with E-state index in [1.165, 1.54) is 0 Å². The Morgan fingerprint density at radius 1 is 1.35 bits per heavy atom. The first-order valence-electron chi connectivity index (χ1n) is 6.42. The molecule has 3 N–H and O–H groups in total. The van der Waals surface area contributed by atoms with E-state index in [0.717, 1.165) is 6.42 Å². The van der Waals surface area contributed by atoms with Crippen LogP contribution in [0.1, 0.15) is 20.3 Å². The summed E-state index contributed by atoms with van der Waals surface area (Å²) in [6.45, 7) is 3.95. The summed E-state index contributed by atoms with van der Waals surface area (Å²) >= 11 is 3.38. The number of carbonyl (C=O) groups excluding carboxylic acids is 1. The Morgan fingerprint density at radius 3 is 2.25 bits per heavy atom. The Hall–Kier alpha value is -1.27. The van der Waals surface area contributed by atoms with Gasteiger partial charge in [0.15, 0.2) is 0 Å². The van der Waals surface area contributed by atoms with E-state index in [1.54, 1.807) is 26.4 Å². The molecule has 1 rings (SSSR count). The first-order valence-corrected chi connectivity index (χ1v) is 7.21. The molecule has 1 aromatic rings. The third kappa shape index (κ3) is 3.86. The van der Waals surface area contributed by atoms with Crippen LogP contribution in [0.2, 0.25) is 0 Å². The lowest BCUT2D eigenvalue weighted by Crippen LogP contribution is -2.40. The van der Waals surface area contributed by atoms with Crippen molar-refractivity contribution in [2.75, 3.05) is 19.5 Å². The second-order valence-electron chi connectivity index (χ2n) is 4.60. The van der Waals surface area contributed by atoms with Crippen LogP contribution in [-0.2, 0) is 4.79 Å². The molecule has 0 spiro atoms. The standard InChI is InChI=1S/C14H21BrN2O3/c1-5-8(2)13(16)14(18)17-9-6-10(19-3)12(15)11(7-9)20-4/h6-8,13H,5,16H2,1-4H3,(H,17,18). The summed E-state index contributed by atoms with van der Waals surface area (Å²) in [5, 5.41) is 2.79. The highest BCUT2D eigenvalue weighted by atomic mass is 79.9. The summed E-state index contributed by atoms with van der Waals surface area (Å²) in [6, 6.07) is 2.89. The second-order valence-corrected chi connectivity index (χ2v) is 5.39. The quantitative estimate of drug-likeness (QED) is 0.832. The normalized spacial score (nSPS) is 13.5. The maximum atomic E-state index is 12.1. The van der Waals surface area contributed by atoms with E-state index in [-0.39, 0.29) is 11.8 Å². The van der Waals surface area contributed by atoms with Crippen molar-refractivity contribution in [3.63, 3.8) is 0 Å². The summed E-state index contributed by atoms with van der Waals surface area (Å²) in [5.74, 6) is 1.06. The van der Waals surface area contributed by atoms with E-state index in [9.17, 15) is 4.79 Å². The van der Waals surface area contributed by atoms with E-state index in [0.29, 0.717) is 21.7 Å². The zero-order chi connectivity index (χ0) is 15.3. The molecule has 0 saturated heterocycles. The van der Waals surface area contributed by atoms with Gasteiger partial charge in [0.1, 0.15) is 16.0 Å². The first-order chi connectivity index (χ1) is 9.44. The molecule has 6 heteroatoms. The Balaban J connectivity index is 2.95. The van der Waals surface area contributed by atoms with Crippen LogP contribution in [0.25, 0.3) is 0 Å². The number of benzene rings is 1. The zero-order valence-electron chi connectivity index (χ0n) is 12.2. The minimum Gasteiger partial charge on any atom is -0.495 e. The van der Waals surface area contributed by atoms with Crippen LogP contribution in [0.3, 0.4) is 0 Å². The lowest BCUT2D eigenvalue weighted by Gasteiger charge is -2.18. The van der Waals surface area contributed by atoms with Crippen molar-refractivity contribution in [3.8, 4) is 11.5 Å². The Bertz CT molecular complexity index is 454. The molecule has 0 radical (unpaired) electrons. The van der Waals surface area contributed by atoms with Crippen LogP contribution in [-0.4, -0.2) is 26.2 Å². The van der Waals surface area contributed by atoms with Gasteiger partial charge in [0.05, 0.1) is 20.3 Å². The fourth-order valence-electron chi connectivity index (χ4n) is 1.68. The molecule has 20 heavy (non-hydrogen) atoms. The number of anilines is 1. The monoisotopic (exact) mass is 344 g/mol. The third-order valence-electron chi connectivity index (χ3n) is 3.27. The van der Waals surface area contributed by atoms with Gasteiger partial charge < -0.3 is 20.5 Å². The van der Waals surface area contributed by atoms with E-state index >= 15 is 0 Å². The van der Waals surface area contributed by atoms with Gasteiger partial charge in [-0.05, 0) is 21.8 Å². The molecule has 0 heterocycles. The molecular weight excluding hydrogens is 324 g/mol. The summed E-state index contributed by atoms with van der Waals surface area (Å²) < 4.78 is 11.2. The highest BCUT2D eigenvalue weighted by Gasteiger charge is 2.20. The fourth-order valence-corrected chi connectivity index (χ4v) is 2.23. The Labute approximate surface area is 127 Å². The molecule has 1 amide bonds. The zero-order valence-corrected chi connectivity index (χ0v) is 13.8. The topological polar surface area (TPSA) is 73.6 Å².